The lowest BCUT2D eigenvalue weighted by Crippen LogP contribution is -2.21. The molecule has 3 aromatic rings. The molecular formula is C26H25F2N5O7S. The molecule has 1 aliphatic rings. The lowest BCUT2D eigenvalue weighted by Gasteiger charge is -2.22. The van der Waals surface area contributed by atoms with Crippen LogP contribution in [0.5, 0.6) is 28.9 Å². The molecule has 0 radical (unpaired) electrons. The lowest BCUT2D eigenvalue weighted by atomic mass is 10.1. The molecule has 2 aromatic carbocycles. The summed E-state index contributed by atoms with van der Waals surface area (Å²) in [5.74, 6) is -7.30. The van der Waals surface area contributed by atoms with E-state index in [1.165, 1.54) is 30.3 Å². The van der Waals surface area contributed by atoms with Crippen LogP contribution in [0.1, 0.15) is 24.2 Å². The van der Waals surface area contributed by atoms with Crippen molar-refractivity contribution in [2.45, 2.75) is 18.0 Å². The van der Waals surface area contributed by atoms with E-state index >= 15 is 4.39 Å². The average molecular weight is 590 g/mol. The van der Waals surface area contributed by atoms with Crippen LogP contribution in [0.25, 0.3) is 0 Å². The lowest BCUT2D eigenvalue weighted by molar-refractivity contribution is -0.139. The number of amidine groups is 1. The molecule has 0 saturated heterocycles. The number of ether oxygens (including phenoxy) is 3. The molecule has 2 heterocycles. The summed E-state index contributed by atoms with van der Waals surface area (Å²) in [6, 6.07) is 7.22. The number of nitrogens with one attached hydrogen (secondary N) is 1. The average Bonchev–Trinajstić information content (AvgIpc) is 3.34. The molecule has 0 bridgehead atoms. The van der Waals surface area contributed by atoms with Gasteiger partial charge in [0.1, 0.15) is 17.8 Å². The summed E-state index contributed by atoms with van der Waals surface area (Å²) < 4.78 is 71.7. The zero-order valence-corrected chi connectivity index (χ0v) is 22.6. The van der Waals surface area contributed by atoms with Crippen LogP contribution in [-0.4, -0.2) is 67.4 Å². The quantitative estimate of drug-likeness (QED) is 0.181. The summed E-state index contributed by atoms with van der Waals surface area (Å²) in [6.45, 7) is 1.95. The molecule has 216 valence electrons. The highest BCUT2D eigenvalue weighted by atomic mass is 32.2. The van der Waals surface area contributed by atoms with Crippen LogP contribution in [0.4, 0.5) is 8.78 Å². The zero-order chi connectivity index (χ0) is 29.9. The van der Waals surface area contributed by atoms with Gasteiger partial charge < -0.3 is 25.1 Å². The standard InChI is InChI=1S/C26H25F2N5O7S/c1-3-38-21(35)13-41(36,37)15-5-7-19(16(11-15)25-31-8-9-33(25)2)39-23-17(27)12-32-26(22(23)28)40-20-10-14(24(29)30)4-6-18(20)34/h4-8,10-12,25,34H,3,9,13H2,1-2H3,(H3,29,30). The van der Waals surface area contributed by atoms with Crippen molar-refractivity contribution in [1.82, 2.24) is 9.88 Å². The van der Waals surface area contributed by atoms with Crippen molar-refractivity contribution in [3.63, 3.8) is 0 Å². The van der Waals surface area contributed by atoms with E-state index in [1.807, 2.05) is 0 Å². The van der Waals surface area contributed by atoms with E-state index in [4.69, 9.17) is 25.4 Å². The van der Waals surface area contributed by atoms with Gasteiger partial charge in [0.2, 0.25) is 11.6 Å². The molecule has 0 aliphatic carbocycles. The summed E-state index contributed by atoms with van der Waals surface area (Å²) in [5, 5.41) is 17.6. The number of phenols is 1. The Kier molecular flexibility index (Phi) is 8.49. The fourth-order valence-corrected chi connectivity index (χ4v) is 4.98. The van der Waals surface area contributed by atoms with Crippen molar-refractivity contribution in [2.24, 2.45) is 10.7 Å². The molecule has 4 rings (SSSR count). The Morgan fingerprint density at radius 3 is 2.61 bits per heavy atom. The Hall–Kier alpha value is -4.63. The summed E-state index contributed by atoms with van der Waals surface area (Å²) >= 11 is 0. The highest BCUT2D eigenvalue weighted by molar-refractivity contribution is 7.92. The summed E-state index contributed by atoms with van der Waals surface area (Å²) in [4.78, 5) is 21.2. The molecular weight excluding hydrogens is 564 g/mol. The molecule has 12 nitrogen and oxygen atoms in total. The van der Waals surface area contributed by atoms with Gasteiger partial charge in [-0.1, -0.05) is 0 Å². The van der Waals surface area contributed by atoms with Gasteiger partial charge in [-0.05, 0) is 50.4 Å². The Bertz CT molecular complexity index is 1650. The van der Waals surface area contributed by atoms with Crippen molar-refractivity contribution in [2.75, 3.05) is 26.0 Å². The topological polar surface area (TPSA) is 177 Å². The minimum atomic E-state index is -4.14. The third kappa shape index (κ3) is 6.41. The minimum absolute atomic E-state index is 0.00447. The second kappa shape index (κ2) is 11.9. The largest absolute Gasteiger partial charge is 0.504 e. The van der Waals surface area contributed by atoms with Gasteiger partial charge in [0.05, 0.1) is 17.7 Å². The van der Waals surface area contributed by atoms with Gasteiger partial charge >= 0.3 is 5.97 Å². The Balaban J connectivity index is 1.73. The first-order chi connectivity index (χ1) is 19.4. The maximum atomic E-state index is 15.5. The molecule has 41 heavy (non-hydrogen) atoms. The molecule has 0 saturated carbocycles. The molecule has 1 aliphatic heterocycles. The first kappa shape index (κ1) is 29.4. The number of aliphatic imine (C=N–C) groups is 1. The van der Waals surface area contributed by atoms with E-state index in [2.05, 4.69) is 9.98 Å². The fourth-order valence-electron chi connectivity index (χ4n) is 3.84. The smallest absolute Gasteiger partial charge is 0.321 e. The number of pyridine rings is 1. The van der Waals surface area contributed by atoms with Crippen molar-refractivity contribution < 1.29 is 41.3 Å². The van der Waals surface area contributed by atoms with Crippen LogP contribution in [0.3, 0.4) is 0 Å². The number of nitrogens with zero attached hydrogens (tertiary/aromatic N) is 3. The molecule has 0 fully saturated rings. The molecule has 0 amide bonds. The number of nitrogen functional groups attached to an aromatic ring is 1. The number of rotatable bonds is 10. The van der Waals surface area contributed by atoms with Gasteiger partial charge in [-0.2, -0.15) is 4.39 Å². The predicted molar refractivity (Wildman–Crippen MR) is 142 cm³/mol. The van der Waals surface area contributed by atoms with Gasteiger partial charge in [-0.3, -0.25) is 20.1 Å². The van der Waals surface area contributed by atoms with Crippen molar-refractivity contribution in [1.29, 1.82) is 5.41 Å². The number of carbonyl (C=O) groups is 1. The third-order valence-corrected chi connectivity index (χ3v) is 7.44. The van der Waals surface area contributed by atoms with Crippen LogP contribution < -0.4 is 15.2 Å². The number of carbonyl (C=O) groups excluding carboxylic acids is 1. The number of aromatic nitrogens is 1. The van der Waals surface area contributed by atoms with Crippen molar-refractivity contribution in [3.8, 4) is 28.9 Å². The van der Waals surface area contributed by atoms with E-state index in [-0.39, 0.29) is 40.0 Å². The molecule has 1 atom stereocenters. The SMILES string of the molecule is CCOC(=O)CS(=O)(=O)c1ccc(Oc2c(F)cnc(Oc3cc(C(=N)N)ccc3O)c2F)c(C2N=CCN2C)c1. The summed E-state index contributed by atoms with van der Waals surface area (Å²) in [7, 11) is -2.44. The normalized spacial score (nSPS) is 15.1. The third-order valence-electron chi connectivity index (χ3n) is 5.85. The van der Waals surface area contributed by atoms with Crippen LogP contribution in [0.2, 0.25) is 0 Å². The first-order valence-corrected chi connectivity index (χ1v) is 13.7. The maximum Gasteiger partial charge on any atom is 0.321 e. The number of aromatic hydroxyl groups is 1. The van der Waals surface area contributed by atoms with E-state index in [0.29, 0.717) is 12.7 Å². The Morgan fingerprint density at radius 1 is 1.20 bits per heavy atom. The second-order valence-electron chi connectivity index (χ2n) is 8.76. The Morgan fingerprint density at radius 2 is 1.95 bits per heavy atom. The molecule has 15 heteroatoms. The van der Waals surface area contributed by atoms with Crippen molar-refractivity contribution in [3.05, 3.63) is 65.4 Å². The summed E-state index contributed by atoms with van der Waals surface area (Å²) in [5.41, 5.74) is 5.77. The number of hydrogen-bond acceptors (Lipinski definition) is 11. The number of sulfone groups is 1. The Labute approximate surface area is 233 Å². The van der Waals surface area contributed by atoms with Gasteiger partial charge in [0, 0.05) is 23.9 Å². The predicted octanol–water partition coefficient (Wildman–Crippen LogP) is 3.29. The number of benzene rings is 2. The highest BCUT2D eigenvalue weighted by Crippen LogP contribution is 2.40. The number of halogens is 2. The number of esters is 1. The zero-order valence-electron chi connectivity index (χ0n) is 21.8. The number of phenolic OH excluding ortho intramolecular Hbond substituents is 1. The van der Waals surface area contributed by atoms with E-state index in [0.717, 1.165) is 6.07 Å². The van der Waals surface area contributed by atoms with Crippen molar-refractivity contribution >= 4 is 27.9 Å². The van der Waals surface area contributed by atoms with Crippen LogP contribution in [0.15, 0.2) is 52.5 Å². The van der Waals surface area contributed by atoms with Gasteiger partial charge in [0.15, 0.2) is 32.9 Å². The maximum absolute atomic E-state index is 15.5. The van der Waals surface area contributed by atoms with Crippen LogP contribution in [0, 0.1) is 17.0 Å². The summed E-state index contributed by atoms with van der Waals surface area (Å²) in [6.07, 6.45) is 1.45. The van der Waals surface area contributed by atoms with E-state index in [9.17, 15) is 22.7 Å². The molecule has 4 N–H and O–H groups in total. The highest BCUT2D eigenvalue weighted by Gasteiger charge is 2.29. The van der Waals surface area contributed by atoms with Gasteiger partial charge in [-0.15, -0.1) is 0 Å². The van der Waals surface area contributed by atoms with Crippen LogP contribution in [-0.2, 0) is 19.4 Å². The van der Waals surface area contributed by atoms with Gasteiger partial charge in [-0.25, -0.2) is 17.8 Å². The molecule has 0 spiro atoms. The molecule has 1 aromatic heterocycles. The number of nitrogens with two attached hydrogens (primary N) is 1. The van der Waals surface area contributed by atoms with Crippen LogP contribution >= 0.6 is 0 Å². The second-order valence-corrected chi connectivity index (χ2v) is 10.8. The minimum Gasteiger partial charge on any atom is -0.504 e. The van der Waals surface area contributed by atoms with E-state index in [1.54, 1.807) is 25.1 Å². The number of hydrogen-bond donors (Lipinski definition) is 3. The first-order valence-electron chi connectivity index (χ1n) is 12.0. The van der Waals surface area contributed by atoms with E-state index < -0.39 is 56.7 Å². The molecule has 1 unspecified atom stereocenters. The van der Waals surface area contributed by atoms with Gasteiger partial charge in [0.25, 0.3) is 5.88 Å². The monoisotopic (exact) mass is 589 g/mol. The fraction of sp³-hybridized carbons (Fsp3) is 0.231.